The van der Waals surface area contributed by atoms with Crippen molar-refractivity contribution in [3.63, 3.8) is 0 Å². The highest BCUT2D eigenvalue weighted by molar-refractivity contribution is 7.22. The Labute approximate surface area is 165 Å². The van der Waals surface area contributed by atoms with Gasteiger partial charge in [0.25, 0.3) is 0 Å². The number of likely N-dealkylation sites (N-methyl/N-ethyl adjacent to an activating group) is 1. The summed E-state index contributed by atoms with van der Waals surface area (Å²) in [5.41, 5.74) is 5.62. The van der Waals surface area contributed by atoms with Gasteiger partial charge in [-0.25, -0.2) is 4.98 Å². The summed E-state index contributed by atoms with van der Waals surface area (Å²) in [5, 5.41) is 0.801. The smallest absolute Gasteiger partial charge is 0.233 e. The van der Waals surface area contributed by atoms with Crippen LogP contribution in [0.3, 0.4) is 0 Å². The first kappa shape index (κ1) is 19.5. The lowest BCUT2D eigenvalue weighted by Gasteiger charge is -2.21. The molecule has 1 N–H and O–H groups in total. The molecule has 1 heterocycles. The van der Waals surface area contributed by atoms with E-state index in [0.29, 0.717) is 13.0 Å². The minimum absolute atomic E-state index is 0.111. The van der Waals surface area contributed by atoms with Gasteiger partial charge in [-0.3, -0.25) is 9.69 Å². The van der Waals surface area contributed by atoms with E-state index >= 15 is 0 Å². The highest BCUT2D eigenvalue weighted by atomic mass is 32.1. The molecule has 5 heteroatoms. The summed E-state index contributed by atoms with van der Waals surface area (Å²) < 4.78 is 1.13. The number of carbonyl (C=O) groups is 1. The van der Waals surface area contributed by atoms with Crippen LogP contribution in [-0.4, -0.2) is 38.1 Å². The number of hydrogen-bond acceptors (Lipinski definition) is 3. The van der Waals surface area contributed by atoms with Crippen LogP contribution < -0.4 is 9.80 Å². The zero-order valence-corrected chi connectivity index (χ0v) is 17.6. The van der Waals surface area contributed by atoms with Crippen LogP contribution in [-0.2, 0) is 11.2 Å². The zero-order valence-electron chi connectivity index (χ0n) is 16.8. The van der Waals surface area contributed by atoms with Crippen LogP contribution in [0, 0.1) is 20.8 Å². The molecule has 2 aromatic carbocycles. The lowest BCUT2D eigenvalue weighted by Crippen LogP contribution is -3.06. The number of aryl methyl sites for hydroxylation is 3. The summed E-state index contributed by atoms with van der Waals surface area (Å²) in [6.45, 7) is 7.77. The summed E-state index contributed by atoms with van der Waals surface area (Å²) in [6.07, 6.45) is 0.407. The van der Waals surface area contributed by atoms with Crippen LogP contribution in [0.1, 0.15) is 22.3 Å². The van der Waals surface area contributed by atoms with Gasteiger partial charge in [0.15, 0.2) is 5.13 Å². The van der Waals surface area contributed by atoms with Gasteiger partial charge in [0, 0.05) is 0 Å². The summed E-state index contributed by atoms with van der Waals surface area (Å²) in [5.74, 6) is 0.111. The molecule has 3 aromatic rings. The van der Waals surface area contributed by atoms with Crippen molar-refractivity contribution in [1.82, 2.24) is 4.98 Å². The quantitative estimate of drug-likeness (QED) is 0.712. The second-order valence-electron chi connectivity index (χ2n) is 7.53. The van der Waals surface area contributed by atoms with Crippen molar-refractivity contribution >= 4 is 32.6 Å². The Morgan fingerprint density at radius 1 is 1.11 bits per heavy atom. The SMILES string of the molecule is Cc1ccc(CC(=O)N(CC[NH+](C)C)c2nc3c(C)cccc3s2)c(C)c1. The normalized spacial score (nSPS) is 11.3. The Bertz CT molecular complexity index is 961. The van der Waals surface area contributed by atoms with Gasteiger partial charge < -0.3 is 4.90 Å². The molecule has 0 aliphatic heterocycles. The van der Waals surface area contributed by atoms with Gasteiger partial charge in [-0.1, -0.05) is 47.2 Å². The Morgan fingerprint density at radius 2 is 1.89 bits per heavy atom. The van der Waals surface area contributed by atoms with E-state index in [-0.39, 0.29) is 5.91 Å². The van der Waals surface area contributed by atoms with Crippen molar-refractivity contribution in [2.75, 3.05) is 32.1 Å². The molecule has 3 rings (SSSR count). The molecule has 0 saturated carbocycles. The molecule has 1 aromatic heterocycles. The molecule has 0 bridgehead atoms. The number of amides is 1. The summed E-state index contributed by atoms with van der Waals surface area (Å²) >= 11 is 1.60. The van der Waals surface area contributed by atoms with Crippen molar-refractivity contribution < 1.29 is 9.69 Å². The van der Waals surface area contributed by atoms with Gasteiger partial charge in [-0.2, -0.15) is 0 Å². The molecule has 4 nitrogen and oxygen atoms in total. The minimum Gasteiger partial charge on any atom is -0.338 e. The molecule has 0 fully saturated rings. The minimum atomic E-state index is 0.111. The van der Waals surface area contributed by atoms with Crippen molar-refractivity contribution in [1.29, 1.82) is 0 Å². The molecule has 0 aliphatic rings. The molecule has 0 radical (unpaired) electrons. The number of para-hydroxylation sites is 1. The van der Waals surface area contributed by atoms with E-state index < -0.39 is 0 Å². The molecular weight excluding hydrogens is 354 g/mol. The predicted molar refractivity (Wildman–Crippen MR) is 114 cm³/mol. The van der Waals surface area contributed by atoms with Gasteiger partial charge >= 0.3 is 0 Å². The standard InChI is InChI=1S/C22H27N3OS/c1-15-9-10-18(17(3)13-15)14-20(26)25(12-11-24(4)5)22-23-21-16(2)7-6-8-19(21)27-22/h6-10,13H,11-12,14H2,1-5H3/p+1. The summed E-state index contributed by atoms with van der Waals surface area (Å²) in [4.78, 5) is 21.2. The van der Waals surface area contributed by atoms with Crippen LogP contribution in [0.15, 0.2) is 36.4 Å². The summed E-state index contributed by atoms with van der Waals surface area (Å²) in [7, 11) is 4.21. The molecule has 0 saturated heterocycles. The van der Waals surface area contributed by atoms with E-state index in [2.05, 4.69) is 65.2 Å². The van der Waals surface area contributed by atoms with E-state index in [4.69, 9.17) is 4.98 Å². The Hall–Kier alpha value is -2.24. The zero-order chi connectivity index (χ0) is 19.6. The second kappa shape index (κ2) is 8.19. The third-order valence-electron chi connectivity index (χ3n) is 4.82. The largest absolute Gasteiger partial charge is 0.338 e. The number of hydrogen-bond donors (Lipinski definition) is 1. The monoisotopic (exact) mass is 382 g/mol. The van der Waals surface area contributed by atoms with E-state index in [0.717, 1.165) is 33.0 Å². The van der Waals surface area contributed by atoms with E-state index in [1.807, 2.05) is 11.0 Å². The second-order valence-corrected chi connectivity index (χ2v) is 8.54. The van der Waals surface area contributed by atoms with Crippen molar-refractivity contribution in [3.05, 3.63) is 58.7 Å². The average molecular weight is 383 g/mol. The van der Waals surface area contributed by atoms with E-state index in [1.165, 1.54) is 16.0 Å². The Balaban J connectivity index is 1.91. The lowest BCUT2D eigenvalue weighted by molar-refractivity contribution is -0.856. The molecule has 1 amide bonds. The van der Waals surface area contributed by atoms with Gasteiger partial charge in [0.2, 0.25) is 5.91 Å². The maximum atomic E-state index is 13.2. The van der Waals surface area contributed by atoms with Crippen molar-refractivity contribution in [2.45, 2.75) is 27.2 Å². The number of nitrogens with one attached hydrogen (secondary N) is 1. The number of thiazole rings is 1. The first-order chi connectivity index (χ1) is 12.8. The molecule has 0 unspecified atom stereocenters. The topological polar surface area (TPSA) is 37.6 Å². The fraction of sp³-hybridized carbons (Fsp3) is 0.364. The third-order valence-corrected chi connectivity index (χ3v) is 5.86. The highest BCUT2D eigenvalue weighted by Gasteiger charge is 2.22. The number of benzene rings is 2. The van der Waals surface area contributed by atoms with Crippen LogP contribution in [0.5, 0.6) is 0 Å². The highest BCUT2D eigenvalue weighted by Crippen LogP contribution is 2.31. The van der Waals surface area contributed by atoms with Crippen LogP contribution in [0.4, 0.5) is 5.13 Å². The molecule has 0 spiro atoms. The van der Waals surface area contributed by atoms with Gasteiger partial charge in [0.05, 0.1) is 43.8 Å². The Kier molecular flexibility index (Phi) is 5.92. The van der Waals surface area contributed by atoms with Crippen molar-refractivity contribution in [2.24, 2.45) is 0 Å². The van der Waals surface area contributed by atoms with E-state index in [1.54, 1.807) is 11.3 Å². The predicted octanol–water partition coefficient (Wildman–Crippen LogP) is 2.94. The van der Waals surface area contributed by atoms with E-state index in [9.17, 15) is 4.79 Å². The Morgan fingerprint density at radius 3 is 2.56 bits per heavy atom. The number of nitrogens with zero attached hydrogens (tertiary/aromatic N) is 2. The molecule has 142 valence electrons. The fourth-order valence-corrected chi connectivity index (χ4v) is 4.24. The number of rotatable bonds is 6. The van der Waals surface area contributed by atoms with Gasteiger partial charge in [0.1, 0.15) is 0 Å². The molecule has 0 atom stereocenters. The number of fused-ring (bicyclic) bond motifs is 1. The van der Waals surface area contributed by atoms with Crippen LogP contribution >= 0.6 is 11.3 Å². The number of anilines is 1. The van der Waals surface area contributed by atoms with Gasteiger partial charge in [-0.15, -0.1) is 0 Å². The van der Waals surface area contributed by atoms with Crippen molar-refractivity contribution in [3.8, 4) is 0 Å². The maximum absolute atomic E-state index is 13.2. The van der Waals surface area contributed by atoms with Crippen LogP contribution in [0.25, 0.3) is 10.2 Å². The lowest BCUT2D eigenvalue weighted by atomic mass is 10.0. The number of carbonyl (C=O) groups excluding carboxylic acids is 1. The summed E-state index contributed by atoms with van der Waals surface area (Å²) in [6, 6.07) is 12.5. The molecule has 0 aliphatic carbocycles. The first-order valence-electron chi connectivity index (χ1n) is 9.37. The average Bonchev–Trinajstić information content (AvgIpc) is 3.02. The molecule has 27 heavy (non-hydrogen) atoms. The maximum Gasteiger partial charge on any atom is 0.233 e. The van der Waals surface area contributed by atoms with Gasteiger partial charge in [-0.05, 0) is 43.5 Å². The number of quaternary nitrogens is 1. The third kappa shape index (κ3) is 4.54. The fourth-order valence-electron chi connectivity index (χ4n) is 3.15. The number of aromatic nitrogens is 1. The molecular formula is C22H28N3OS+. The first-order valence-corrected chi connectivity index (χ1v) is 10.2. The van der Waals surface area contributed by atoms with Crippen LogP contribution in [0.2, 0.25) is 0 Å².